The van der Waals surface area contributed by atoms with Gasteiger partial charge in [-0.2, -0.15) is 0 Å². The SMILES string of the molecule is CC(N)c1ccccc1NC1CCOCC1. The first-order valence-electron chi connectivity index (χ1n) is 5.96. The quantitative estimate of drug-likeness (QED) is 0.821. The first kappa shape index (κ1) is 11.4. The molecule has 16 heavy (non-hydrogen) atoms. The van der Waals surface area contributed by atoms with Crippen molar-refractivity contribution >= 4 is 5.69 Å². The second-order valence-corrected chi connectivity index (χ2v) is 4.41. The molecule has 2 rings (SSSR count). The monoisotopic (exact) mass is 220 g/mol. The molecule has 1 aliphatic rings. The van der Waals surface area contributed by atoms with Crippen LogP contribution in [0, 0.1) is 0 Å². The van der Waals surface area contributed by atoms with Gasteiger partial charge in [0.05, 0.1) is 0 Å². The summed E-state index contributed by atoms with van der Waals surface area (Å²) in [6, 6.07) is 8.87. The van der Waals surface area contributed by atoms with E-state index in [1.807, 2.05) is 19.1 Å². The van der Waals surface area contributed by atoms with Crippen LogP contribution in [-0.2, 0) is 4.74 Å². The van der Waals surface area contributed by atoms with Crippen molar-refractivity contribution in [1.29, 1.82) is 0 Å². The highest BCUT2D eigenvalue weighted by Gasteiger charge is 2.15. The van der Waals surface area contributed by atoms with E-state index < -0.39 is 0 Å². The molecule has 1 saturated heterocycles. The zero-order valence-corrected chi connectivity index (χ0v) is 9.78. The average molecular weight is 220 g/mol. The van der Waals surface area contributed by atoms with Gasteiger partial charge in [0, 0.05) is 31.0 Å². The molecule has 1 heterocycles. The Morgan fingerprint density at radius 1 is 1.31 bits per heavy atom. The summed E-state index contributed by atoms with van der Waals surface area (Å²) >= 11 is 0. The van der Waals surface area contributed by atoms with Crippen LogP contribution in [0.3, 0.4) is 0 Å². The van der Waals surface area contributed by atoms with Crippen LogP contribution in [-0.4, -0.2) is 19.3 Å². The van der Waals surface area contributed by atoms with Crippen molar-refractivity contribution in [3.05, 3.63) is 29.8 Å². The zero-order chi connectivity index (χ0) is 11.4. The third-order valence-electron chi connectivity index (χ3n) is 3.03. The van der Waals surface area contributed by atoms with Crippen molar-refractivity contribution < 1.29 is 4.74 Å². The Kier molecular flexibility index (Phi) is 3.80. The molecule has 0 bridgehead atoms. The van der Waals surface area contributed by atoms with Gasteiger partial charge in [0.25, 0.3) is 0 Å². The van der Waals surface area contributed by atoms with Crippen molar-refractivity contribution in [1.82, 2.24) is 0 Å². The Hall–Kier alpha value is -1.06. The lowest BCUT2D eigenvalue weighted by atomic mass is 10.0. The number of nitrogens with two attached hydrogens (primary N) is 1. The summed E-state index contributed by atoms with van der Waals surface area (Å²) < 4.78 is 5.35. The standard InChI is InChI=1S/C13H20N2O/c1-10(14)12-4-2-3-5-13(12)15-11-6-8-16-9-7-11/h2-5,10-11,15H,6-9,14H2,1H3. The Morgan fingerprint density at radius 3 is 2.69 bits per heavy atom. The number of rotatable bonds is 3. The summed E-state index contributed by atoms with van der Waals surface area (Å²) in [5, 5.41) is 3.57. The number of para-hydroxylation sites is 1. The molecule has 0 aliphatic carbocycles. The Labute approximate surface area is 97.0 Å². The Morgan fingerprint density at radius 2 is 2.00 bits per heavy atom. The van der Waals surface area contributed by atoms with E-state index in [2.05, 4.69) is 17.4 Å². The van der Waals surface area contributed by atoms with E-state index in [9.17, 15) is 0 Å². The third-order valence-corrected chi connectivity index (χ3v) is 3.03. The molecular weight excluding hydrogens is 200 g/mol. The molecule has 1 unspecified atom stereocenters. The summed E-state index contributed by atoms with van der Waals surface area (Å²) in [5.41, 5.74) is 8.31. The van der Waals surface area contributed by atoms with Crippen LogP contribution >= 0.6 is 0 Å². The van der Waals surface area contributed by atoms with Crippen molar-refractivity contribution in [2.24, 2.45) is 5.73 Å². The highest BCUT2D eigenvalue weighted by Crippen LogP contribution is 2.23. The van der Waals surface area contributed by atoms with E-state index >= 15 is 0 Å². The van der Waals surface area contributed by atoms with E-state index in [4.69, 9.17) is 10.5 Å². The molecule has 0 aromatic heterocycles. The highest BCUT2D eigenvalue weighted by molar-refractivity contribution is 5.53. The highest BCUT2D eigenvalue weighted by atomic mass is 16.5. The maximum atomic E-state index is 5.95. The van der Waals surface area contributed by atoms with Crippen LogP contribution in [0.5, 0.6) is 0 Å². The third kappa shape index (κ3) is 2.74. The molecule has 1 fully saturated rings. The predicted octanol–water partition coefficient (Wildman–Crippen LogP) is 2.30. The number of hydrogen-bond acceptors (Lipinski definition) is 3. The lowest BCUT2D eigenvalue weighted by Gasteiger charge is -2.26. The molecule has 88 valence electrons. The minimum Gasteiger partial charge on any atom is -0.382 e. The summed E-state index contributed by atoms with van der Waals surface area (Å²) in [6.07, 6.45) is 2.15. The fourth-order valence-corrected chi connectivity index (χ4v) is 2.09. The molecule has 3 N–H and O–H groups in total. The van der Waals surface area contributed by atoms with E-state index in [1.165, 1.54) is 11.3 Å². The lowest BCUT2D eigenvalue weighted by molar-refractivity contribution is 0.0904. The Bertz CT molecular complexity index is 332. The molecule has 3 nitrogen and oxygen atoms in total. The number of nitrogens with one attached hydrogen (secondary N) is 1. The van der Waals surface area contributed by atoms with E-state index in [0.29, 0.717) is 6.04 Å². The van der Waals surface area contributed by atoms with Gasteiger partial charge in [-0.05, 0) is 31.4 Å². The largest absolute Gasteiger partial charge is 0.382 e. The first-order chi connectivity index (χ1) is 7.77. The zero-order valence-electron chi connectivity index (χ0n) is 9.78. The van der Waals surface area contributed by atoms with Crippen LogP contribution in [0.25, 0.3) is 0 Å². The molecular formula is C13H20N2O. The first-order valence-corrected chi connectivity index (χ1v) is 5.96. The fraction of sp³-hybridized carbons (Fsp3) is 0.538. The molecule has 1 aromatic carbocycles. The number of ether oxygens (including phenoxy) is 1. The summed E-state index contributed by atoms with van der Waals surface area (Å²) in [6.45, 7) is 3.74. The van der Waals surface area contributed by atoms with Gasteiger partial charge >= 0.3 is 0 Å². The molecule has 0 spiro atoms. The normalized spacial score (nSPS) is 19.4. The van der Waals surface area contributed by atoms with Gasteiger partial charge in [-0.1, -0.05) is 18.2 Å². The van der Waals surface area contributed by atoms with Crippen LogP contribution in [0.2, 0.25) is 0 Å². The Balaban J connectivity index is 2.07. The molecule has 3 heteroatoms. The smallest absolute Gasteiger partial charge is 0.0485 e. The van der Waals surface area contributed by atoms with Gasteiger partial charge < -0.3 is 15.8 Å². The summed E-state index contributed by atoms with van der Waals surface area (Å²) in [5.74, 6) is 0. The van der Waals surface area contributed by atoms with Gasteiger partial charge in [-0.3, -0.25) is 0 Å². The van der Waals surface area contributed by atoms with Crippen molar-refractivity contribution in [2.45, 2.75) is 31.8 Å². The van der Waals surface area contributed by atoms with Crippen LogP contribution in [0.1, 0.15) is 31.4 Å². The maximum Gasteiger partial charge on any atom is 0.0485 e. The van der Waals surface area contributed by atoms with Crippen LogP contribution in [0.4, 0.5) is 5.69 Å². The molecule has 0 radical (unpaired) electrons. The van der Waals surface area contributed by atoms with Gasteiger partial charge in [-0.15, -0.1) is 0 Å². The fourth-order valence-electron chi connectivity index (χ4n) is 2.09. The van der Waals surface area contributed by atoms with Crippen LogP contribution < -0.4 is 11.1 Å². The van der Waals surface area contributed by atoms with Gasteiger partial charge in [0.15, 0.2) is 0 Å². The van der Waals surface area contributed by atoms with Crippen molar-refractivity contribution in [3.63, 3.8) is 0 Å². The minimum absolute atomic E-state index is 0.0727. The van der Waals surface area contributed by atoms with Crippen molar-refractivity contribution in [3.8, 4) is 0 Å². The second-order valence-electron chi connectivity index (χ2n) is 4.41. The molecule has 1 aromatic rings. The molecule has 1 atom stereocenters. The molecule has 1 aliphatic heterocycles. The van der Waals surface area contributed by atoms with E-state index in [0.717, 1.165) is 26.1 Å². The number of hydrogen-bond donors (Lipinski definition) is 2. The molecule has 0 saturated carbocycles. The van der Waals surface area contributed by atoms with E-state index in [-0.39, 0.29) is 6.04 Å². The lowest BCUT2D eigenvalue weighted by Crippen LogP contribution is -2.28. The topological polar surface area (TPSA) is 47.3 Å². The van der Waals surface area contributed by atoms with E-state index in [1.54, 1.807) is 0 Å². The van der Waals surface area contributed by atoms with Crippen molar-refractivity contribution in [2.75, 3.05) is 18.5 Å². The summed E-state index contributed by atoms with van der Waals surface area (Å²) in [7, 11) is 0. The van der Waals surface area contributed by atoms with Gasteiger partial charge in [0.1, 0.15) is 0 Å². The second kappa shape index (κ2) is 5.32. The van der Waals surface area contributed by atoms with Gasteiger partial charge in [-0.25, -0.2) is 0 Å². The maximum absolute atomic E-state index is 5.95. The number of anilines is 1. The number of benzene rings is 1. The minimum atomic E-state index is 0.0727. The van der Waals surface area contributed by atoms with Gasteiger partial charge in [0.2, 0.25) is 0 Å². The average Bonchev–Trinajstić information content (AvgIpc) is 2.31. The summed E-state index contributed by atoms with van der Waals surface area (Å²) in [4.78, 5) is 0. The predicted molar refractivity (Wildman–Crippen MR) is 66.5 cm³/mol. The van der Waals surface area contributed by atoms with Crippen LogP contribution in [0.15, 0.2) is 24.3 Å². The molecule has 0 amide bonds.